The Balaban J connectivity index is 1.67. The van der Waals surface area contributed by atoms with Crippen molar-refractivity contribution < 1.29 is 28.9 Å². The number of nitrogens with one attached hydrogen (secondary N) is 1. The highest BCUT2D eigenvalue weighted by molar-refractivity contribution is 8.18. The number of rotatable bonds is 11. The molecule has 2 aromatic carbocycles. The zero-order valence-corrected chi connectivity index (χ0v) is 22.9. The second kappa shape index (κ2) is 13.2. The molecule has 0 aliphatic carbocycles. The van der Waals surface area contributed by atoms with Crippen molar-refractivity contribution >= 4 is 51.3 Å². The summed E-state index contributed by atoms with van der Waals surface area (Å²) in [6.45, 7) is 3.12. The van der Waals surface area contributed by atoms with Gasteiger partial charge in [0.25, 0.3) is 0 Å². The van der Waals surface area contributed by atoms with Crippen molar-refractivity contribution in [3.05, 3.63) is 76.5 Å². The maximum atomic E-state index is 12.8. The van der Waals surface area contributed by atoms with Crippen LogP contribution in [0, 0.1) is 0 Å². The summed E-state index contributed by atoms with van der Waals surface area (Å²) in [6.07, 6.45) is 4.39. The predicted octanol–water partition coefficient (Wildman–Crippen LogP) is 5.00. The van der Waals surface area contributed by atoms with Gasteiger partial charge in [-0.15, -0.1) is 0 Å². The predicted molar refractivity (Wildman–Crippen MR) is 153 cm³/mol. The highest BCUT2D eigenvalue weighted by Gasteiger charge is 2.33. The molecule has 2 heterocycles. The molecule has 2 N–H and O–H groups in total. The minimum absolute atomic E-state index is 0.0168. The summed E-state index contributed by atoms with van der Waals surface area (Å²) in [6, 6.07) is 14.8. The molecule has 1 aliphatic rings. The lowest BCUT2D eigenvalue weighted by atomic mass is 10.1. The summed E-state index contributed by atoms with van der Waals surface area (Å²) >= 11 is 1.18. The number of ether oxygens (including phenoxy) is 3. The number of hydrogen-bond donors (Lipinski definition) is 2. The van der Waals surface area contributed by atoms with E-state index in [1.54, 1.807) is 51.5 Å². The van der Waals surface area contributed by atoms with E-state index in [1.807, 2.05) is 35.0 Å². The summed E-state index contributed by atoms with van der Waals surface area (Å²) in [5.41, 5.74) is 2.28. The Morgan fingerprint density at radius 3 is 2.62 bits per heavy atom. The number of methoxy groups -OCH3 is 2. The standard InChI is InChI=1S/C29H31N3O6S/c1-4-38-29(35)26-27(34)24(39-28(26)31-20-10-12-21(37-3)13-11-20)16-19-17-32(23-9-6-5-8-22(19)23)18-25(33)30-14-7-15-36-2/h5-6,8-13,16-17,34H,4,7,14-15,18H2,1-3H3,(H,30,33)/b24-16-,31-28?. The van der Waals surface area contributed by atoms with Gasteiger partial charge in [-0.2, -0.15) is 0 Å². The molecule has 1 aromatic heterocycles. The van der Waals surface area contributed by atoms with Crippen LogP contribution in [0.5, 0.6) is 5.75 Å². The quantitative estimate of drug-likeness (QED) is 0.256. The largest absolute Gasteiger partial charge is 0.506 e. The van der Waals surface area contributed by atoms with Gasteiger partial charge in [0.2, 0.25) is 5.91 Å². The number of aliphatic hydroxyl groups is 1. The Morgan fingerprint density at radius 1 is 1.13 bits per heavy atom. The van der Waals surface area contributed by atoms with Crippen LogP contribution in [0.4, 0.5) is 5.69 Å². The number of aromatic nitrogens is 1. The van der Waals surface area contributed by atoms with E-state index in [2.05, 4.69) is 10.3 Å². The number of aliphatic hydroxyl groups excluding tert-OH is 1. The second-order valence-electron chi connectivity index (χ2n) is 8.60. The first-order valence-electron chi connectivity index (χ1n) is 12.5. The molecule has 0 unspecified atom stereocenters. The van der Waals surface area contributed by atoms with E-state index in [0.717, 1.165) is 22.9 Å². The van der Waals surface area contributed by atoms with Crippen molar-refractivity contribution in [3.63, 3.8) is 0 Å². The van der Waals surface area contributed by atoms with Crippen LogP contribution >= 0.6 is 11.8 Å². The summed E-state index contributed by atoms with van der Waals surface area (Å²) in [4.78, 5) is 30.4. The number of benzene rings is 2. The Kier molecular flexibility index (Phi) is 9.45. The maximum absolute atomic E-state index is 12.8. The molecule has 9 nitrogen and oxygen atoms in total. The third-order valence-corrected chi connectivity index (χ3v) is 6.96. The molecular formula is C29H31N3O6S. The Bertz CT molecular complexity index is 1440. The number of hydrogen-bond acceptors (Lipinski definition) is 8. The molecule has 0 saturated heterocycles. The Labute approximate surface area is 231 Å². The SMILES string of the molecule is CCOC(=O)C1=C(O)/C(=C/c2cn(CC(=O)NCCCOC)c3ccccc23)SC1=Nc1ccc(OC)cc1. The van der Waals surface area contributed by atoms with Crippen LogP contribution in [-0.2, 0) is 25.6 Å². The molecule has 3 aromatic rings. The number of para-hydroxylation sites is 1. The average molecular weight is 550 g/mol. The number of aliphatic imine (C=N–C) groups is 1. The molecule has 39 heavy (non-hydrogen) atoms. The zero-order chi connectivity index (χ0) is 27.8. The smallest absolute Gasteiger partial charge is 0.344 e. The first-order chi connectivity index (χ1) is 18.9. The molecule has 0 spiro atoms. The van der Waals surface area contributed by atoms with E-state index in [9.17, 15) is 14.7 Å². The number of nitrogens with zero attached hydrogens (tertiary/aromatic N) is 2. The van der Waals surface area contributed by atoms with Crippen LogP contribution in [0.15, 0.2) is 76.0 Å². The third kappa shape index (κ3) is 6.71. The summed E-state index contributed by atoms with van der Waals surface area (Å²) < 4.78 is 17.3. The van der Waals surface area contributed by atoms with Gasteiger partial charge in [-0.05, 0) is 49.8 Å². The lowest BCUT2D eigenvalue weighted by Crippen LogP contribution is -2.28. The summed E-state index contributed by atoms with van der Waals surface area (Å²) in [5, 5.41) is 15.3. The van der Waals surface area contributed by atoms with Crippen LogP contribution in [0.3, 0.4) is 0 Å². The van der Waals surface area contributed by atoms with Crippen molar-refractivity contribution in [2.45, 2.75) is 19.9 Å². The lowest BCUT2D eigenvalue weighted by molar-refractivity contribution is -0.138. The fourth-order valence-electron chi connectivity index (χ4n) is 4.08. The Hall–Kier alpha value is -4.02. The number of fused-ring (bicyclic) bond motifs is 1. The topological polar surface area (TPSA) is 111 Å². The van der Waals surface area contributed by atoms with Crippen LogP contribution in [-0.4, -0.2) is 60.6 Å². The van der Waals surface area contributed by atoms with Crippen LogP contribution in [0.2, 0.25) is 0 Å². The van der Waals surface area contributed by atoms with Crippen molar-refractivity contribution in [2.24, 2.45) is 4.99 Å². The van der Waals surface area contributed by atoms with Crippen LogP contribution < -0.4 is 10.1 Å². The monoisotopic (exact) mass is 549 g/mol. The highest BCUT2D eigenvalue weighted by atomic mass is 32.2. The zero-order valence-electron chi connectivity index (χ0n) is 22.1. The molecule has 0 atom stereocenters. The number of esters is 1. The maximum Gasteiger partial charge on any atom is 0.344 e. The third-order valence-electron chi connectivity index (χ3n) is 5.94. The minimum atomic E-state index is -0.647. The average Bonchev–Trinajstić information content (AvgIpc) is 3.43. The number of carbonyl (C=O) groups excluding carboxylic acids is 2. The van der Waals surface area contributed by atoms with Gasteiger partial charge >= 0.3 is 5.97 Å². The van der Waals surface area contributed by atoms with Gasteiger partial charge < -0.3 is 29.2 Å². The van der Waals surface area contributed by atoms with Crippen molar-refractivity contribution in [1.82, 2.24) is 9.88 Å². The number of carbonyl (C=O) groups is 2. The van der Waals surface area contributed by atoms with E-state index >= 15 is 0 Å². The normalized spacial score (nSPS) is 15.4. The summed E-state index contributed by atoms with van der Waals surface area (Å²) in [5.74, 6) is -0.269. The van der Waals surface area contributed by atoms with Gasteiger partial charge in [0, 0.05) is 42.9 Å². The van der Waals surface area contributed by atoms with E-state index in [1.165, 1.54) is 11.8 Å². The van der Waals surface area contributed by atoms with Crippen molar-refractivity contribution in [3.8, 4) is 5.75 Å². The second-order valence-corrected chi connectivity index (χ2v) is 9.63. The molecule has 204 valence electrons. The Morgan fingerprint density at radius 2 is 1.90 bits per heavy atom. The van der Waals surface area contributed by atoms with Crippen molar-refractivity contribution in [2.75, 3.05) is 34.0 Å². The summed E-state index contributed by atoms with van der Waals surface area (Å²) in [7, 11) is 3.21. The molecule has 0 saturated carbocycles. The number of amides is 1. The van der Waals surface area contributed by atoms with Crippen molar-refractivity contribution in [1.29, 1.82) is 0 Å². The molecule has 1 amide bonds. The lowest BCUT2D eigenvalue weighted by Gasteiger charge is -2.07. The van der Waals surface area contributed by atoms with Gasteiger partial charge in [-0.1, -0.05) is 30.0 Å². The van der Waals surface area contributed by atoms with Gasteiger partial charge in [0.15, 0.2) is 0 Å². The fraction of sp³-hybridized carbons (Fsp3) is 0.276. The molecular weight excluding hydrogens is 518 g/mol. The minimum Gasteiger partial charge on any atom is -0.506 e. The fourth-order valence-corrected chi connectivity index (χ4v) is 5.11. The molecule has 10 heteroatoms. The van der Waals surface area contributed by atoms with Gasteiger partial charge in [-0.3, -0.25) is 4.79 Å². The van der Waals surface area contributed by atoms with Crippen LogP contribution in [0.25, 0.3) is 17.0 Å². The van der Waals surface area contributed by atoms with Gasteiger partial charge in [0.05, 0.1) is 24.3 Å². The molecule has 0 radical (unpaired) electrons. The van der Waals surface area contributed by atoms with E-state index in [-0.39, 0.29) is 30.4 Å². The first kappa shape index (κ1) is 28.0. The molecule has 4 rings (SSSR count). The van der Waals surface area contributed by atoms with E-state index < -0.39 is 5.97 Å². The van der Waals surface area contributed by atoms with Crippen LogP contribution in [0.1, 0.15) is 18.9 Å². The van der Waals surface area contributed by atoms with E-state index in [0.29, 0.717) is 34.5 Å². The first-order valence-corrected chi connectivity index (χ1v) is 13.3. The number of thioether (sulfide) groups is 1. The van der Waals surface area contributed by atoms with Gasteiger partial charge in [0.1, 0.15) is 28.7 Å². The molecule has 0 fully saturated rings. The van der Waals surface area contributed by atoms with E-state index in [4.69, 9.17) is 14.2 Å². The molecule has 1 aliphatic heterocycles. The van der Waals surface area contributed by atoms with Gasteiger partial charge in [-0.25, -0.2) is 9.79 Å². The highest BCUT2D eigenvalue weighted by Crippen LogP contribution is 2.41. The molecule has 0 bridgehead atoms.